The maximum Gasteiger partial charge on any atom is 0.407 e. The Morgan fingerprint density at radius 3 is 2.23 bits per heavy atom. The molecule has 0 heterocycles. The number of halogens is 1. The van der Waals surface area contributed by atoms with Crippen LogP contribution in [0.1, 0.15) is 29.0 Å². The van der Waals surface area contributed by atoms with Crippen molar-refractivity contribution in [3.05, 3.63) is 89.2 Å². The quantitative estimate of drug-likeness (QED) is 0.476. The summed E-state index contributed by atoms with van der Waals surface area (Å²) in [5.74, 6) is -3.33. The number of rotatable bonds is 7. The van der Waals surface area contributed by atoms with Crippen molar-refractivity contribution in [2.24, 2.45) is 0 Å². The van der Waals surface area contributed by atoms with Gasteiger partial charge in [-0.2, -0.15) is 5.26 Å². The number of carboxylic acid groups (broad SMARTS) is 1. The van der Waals surface area contributed by atoms with Gasteiger partial charge in [-0.15, -0.1) is 0 Å². The Labute approximate surface area is 200 Å². The van der Waals surface area contributed by atoms with E-state index in [1.54, 1.807) is 6.07 Å². The van der Waals surface area contributed by atoms with Gasteiger partial charge in [-0.25, -0.2) is 9.18 Å². The molecule has 1 atom stereocenters. The van der Waals surface area contributed by atoms with Crippen LogP contribution in [0.3, 0.4) is 0 Å². The monoisotopic (exact) mass is 473 g/mol. The molecule has 9 heteroatoms. The number of carboxylic acids is 1. The highest BCUT2D eigenvalue weighted by molar-refractivity contribution is 5.99. The number of carbonyl (C=O) groups is 3. The molecule has 4 rings (SSSR count). The number of aliphatic carboxylic acids is 1. The predicted molar refractivity (Wildman–Crippen MR) is 124 cm³/mol. The summed E-state index contributed by atoms with van der Waals surface area (Å²) in [4.78, 5) is 36.5. The Balaban J connectivity index is 1.45. The Bertz CT molecular complexity index is 1310. The van der Waals surface area contributed by atoms with Crippen molar-refractivity contribution in [3.63, 3.8) is 0 Å². The number of fused-ring (bicyclic) bond motifs is 3. The minimum Gasteiger partial charge on any atom is -0.481 e. The first-order valence-corrected chi connectivity index (χ1v) is 10.7. The number of anilines is 1. The molecule has 35 heavy (non-hydrogen) atoms. The largest absolute Gasteiger partial charge is 0.481 e. The van der Waals surface area contributed by atoms with Crippen molar-refractivity contribution in [3.8, 4) is 17.2 Å². The van der Waals surface area contributed by atoms with Gasteiger partial charge in [-0.3, -0.25) is 9.59 Å². The predicted octanol–water partition coefficient (Wildman–Crippen LogP) is 4.02. The van der Waals surface area contributed by atoms with Gasteiger partial charge < -0.3 is 20.5 Å². The van der Waals surface area contributed by atoms with Crippen molar-refractivity contribution >= 4 is 23.7 Å². The van der Waals surface area contributed by atoms with Crippen LogP contribution in [0.5, 0.6) is 0 Å². The summed E-state index contributed by atoms with van der Waals surface area (Å²) in [5, 5.41) is 22.9. The molecule has 0 bridgehead atoms. The average Bonchev–Trinajstić information content (AvgIpc) is 3.16. The lowest BCUT2D eigenvalue weighted by atomic mass is 9.98. The third-order valence-electron chi connectivity index (χ3n) is 5.71. The third kappa shape index (κ3) is 4.96. The molecule has 0 saturated carbocycles. The number of nitrogens with zero attached hydrogens (tertiary/aromatic N) is 1. The minimum atomic E-state index is -1.52. The van der Waals surface area contributed by atoms with Crippen molar-refractivity contribution in [2.45, 2.75) is 18.4 Å². The maximum absolute atomic E-state index is 13.8. The average molecular weight is 473 g/mol. The summed E-state index contributed by atoms with van der Waals surface area (Å²) in [6.07, 6.45) is -1.72. The summed E-state index contributed by atoms with van der Waals surface area (Å²) >= 11 is 0. The first-order valence-electron chi connectivity index (χ1n) is 10.7. The number of hydrogen-bond donors (Lipinski definition) is 3. The number of hydrogen-bond acceptors (Lipinski definition) is 5. The number of amides is 2. The van der Waals surface area contributed by atoms with Gasteiger partial charge in [0, 0.05) is 5.92 Å². The SMILES string of the molecule is N#Cc1c(F)cccc1NC(=O)C(CC(=O)O)NC(=O)OCC1c2ccccc2-c2ccccc21. The highest BCUT2D eigenvalue weighted by Crippen LogP contribution is 2.44. The van der Waals surface area contributed by atoms with Gasteiger partial charge in [0.1, 0.15) is 30.1 Å². The number of carbonyl (C=O) groups excluding carboxylic acids is 2. The summed E-state index contributed by atoms with van der Waals surface area (Å²) < 4.78 is 19.2. The van der Waals surface area contributed by atoms with Crippen LogP contribution >= 0.6 is 0 Å². The number of ether oxygens (including phenoxy) is 1. The van der Waals surface area contributed by atoms with Crippen molar-refractivity contribution in [1.29, 1.82) is 5.26 Å². The standard InChI is InChI=1S/C26H20FN3O5/c27-21-10-5-11-22(19(21)13-28)29-25(33)23(12-24(31)32)30-26(34)35-14-20-17-8-3-1-6-15(17)16-7-2-4-9-18(16)20/h1-11,20,23H,12,14H2,(H,29,33)(H,30,34)(H,31,32). The van der Waals surface area contributed by atoms with Crippen LogP contribution in [0.4, 0.5) is 14.9 Å². The molecule has 0 aliphatic heterocycles. The van der Waals surface area contributed by atoms with E-state index in [1.807, 2.05) is 48.5 Å². The van der Waals surface area contributed by atoms with E-state index in [0.29, 0.717) is 0 Å². The molecular formula is C26H20FN3O5. The Kier molecular flexibility index (Phi) is 6.73. The van der Waals surface area contributed by atoms with Crippen LogP contribution in [-0.4, -0.2) is 35.7 Å². The zero-order chi connectivity index (χ0) is 24.9. The Hall–Kier alpha value is -4.71. The van der Waals surface area contributed by atoms with Gasteiger partial charge in [0.05, 0.1) is 12.1 Å². The number of alkyl carbamates (subject to hydrolysis) is 1. The van der Waals surface area contributed by atoms with Crippen LogP contribution in [0.15, 0.2) is 66.7 Å². The molecule has 3 aromatic carbocycles. The van der Waals surface area contributed by atoms with Crippen LogP contribution in [0.25, 0.3) is 11.1 Å². The van der Waals surface area contributed by atoms with Gasteiger partial charge >= 0.3 is 12.1 Å². The molecule has 8 nitrogen and oxygen atoms in total. The fourth-order valence-electron chi connectivity index (χ4n) is 4.13. The highest BCUT2D eigenvalue weighted by atomic mass is 19.1. The Morgan fingerprint density at radius 1 is 1.00 bits per heavy atom. The van der Waals surface area contributed by atoms with E-state index in [0.717, 1.165) is 28.3 Å². The molecule has 3 N–H and O–H groups in total. The molecule has 0 radical (unpaired) electrons. The smallest absolute Gasteiger partial charge is 0.407 e. The molecule has 176 valence electrons. The van der Waals surface area contributed by atoms with Crippen LogP contribution in [0.2, 0.25) is 0 Å². The van der Waals surface area contributed by atoms with Gasteiger partial charge in [0.15, 0.2) is 0 Å². The first-order chi connectivity index (χ1) is 16.9. The van der Waals surface area contributed by atoms with E-state index < -0.39 is 41.8 Å². The molecule has 0 spiro atoms. The molecule has 1 unspecified atom stereocenters. The molecule has 0 fully saturated rings. The van der Waals surface area contributed by atoms with Crippen LogP contribution in [0, 0.1) is 17.1 Å². The summed E-state index contributed by atoms with van der Waals surface area (Å²) in [6, 6.07) is 19.3. The number of benzene rings is 3. The molecule has 1 aliphatic carbocycles. The van der Waals surface area contributed by atoms with Gasteiger partial charge in [0.25, 0.3) is 0 Å². The van der Waals surface area contributed by atoms with Crippen molar-refractivity contribution < 1.29 is 28.6 Å². The normalized spacial score (nSPS) is 12.6. The summed E-state index contributed by atoms with van der Waals surface area (Å²) in [5.41, 5.74) is 3.54. The summed E-state index contributed by atoms with van der Waals surface area (Å²) in [6.45, 7) is -0.0241. The van der Waals surface area contributed by atoms with Gasteiger partial charge in [-0.1, -0.05) is 54.6 Å². The van der Waals surface area contributed by atoms with E-state index in [4.69, 9.17) is 10.00 Å². The zero-order valence-corrected chi connectivity index (χ0v) is 18.3. The second-order valence-electron chi connectivity index (χ2n) is 7.88. The molecule has 3 aromatic rings. The highest BCUT2D eigenvalue weighted by Gasteiger charge is 2.30. The van der Waals surface area contributed by atoms with E-state index >= 15 is 0 Å². The van der Waals surface area contributed by atoms with Gasteiger partial charge in [-0.05, 0) is 34.4 Å². The molecule has 0 saturated heterocycles. The Morgan fingerprint density at radius 2 is 1.63 bits per heavy atom. The fraction of sp³-hybridized carbons (Fsp3) is 0.154. The lowest BCUT2D eigenvalue weighted by molar-refractivity contribution is -0.139. The van der Waals surface area contributed by atoms with Gasteiger partial charge in [0.2, 0.25) is 5.91 Å². The van der Waals surface area contributed by atoms with Crippen LogP contribution < -0.4 is 10.6 Å². The van der Waals surface area contributed by atoms with Crippen molar-refractivity contribution in [2.75, 3.05) is 11.9 Å². The molecule has 1 aliphatic rings. The zero-order valence-electron chi connectivity index (χ0n) is 18.3. The maximum atomic E-state index is 13.8. The molecular weight excluding hydrogens is 453 g/mol. The fourth-order valence-corrected chi connectivity index (χ4v) is 4.13. The van der Waals surface area contributed by atoms with Crippen LogP contribution in [-0.2, 0) is 14.3 Å². The number of nitrogens with one attached hydrogen (secondary N) is 2. The second kappa shape index (κ2) is 10.1. The topological polar surface area (TPSA) is 129 Å². The minimum absolute atomic E-state index is 0.0241. The molecule has 2 amide bonds. The van der Waals surface area contributed by atoms with E-state index in [9.17, 15) is 23.9 Å². The molecule has 0 aromatic heterocycles. The number of nitriles is 1. The lowest BCUT2D eigenvalue weighted by Gasteiger charge is -2.19. The van der Waals surface area contributed by atoms with E-state index in [1.165, 1.54) is 12.1 Å². The second-order valence-corrected chi connectivity index (χ2v) is 7.88. The van der Waals surface area contributed by atoms with Crippen molar-refractivity contribution in [1.82, 2.24) is 5.32 Å². The lowest BCUT2D eigenvalue weighted by Crippen LogP contribution is -2.45. The first kappa shape index (κ1) is 23.4. The van der Waals surface area contributed by atoms with E-state index in [2.05, 4.69) is 10.6 Å². The summed E-state index contributed by atoms with van der Waals surface area (Å²) in [7, 11) is 0. The van der Waals surface area contributed by atoms with E-state index in [-0.39, 0.29) is 18.2 Å². The third-order valence-corrected chi connectivity index (χ3v) is 5.71.